The van der Waals surface area contributed by atoms with Crippen LogP contribution in [0.3, 0.4) is 0 Å². The van der Waals surface area contributed by atoms with Gasteiger partial charge in [-0.15, -0.1) is 0 Å². The van der Waals surface area contributed by atoms with Crippen LogP contribution in [0.4, 0.5) is 0 Å². The van der Waals surface area contributed by atoms with E-state index in [4.69, 9.17) is 0 Å². The number of benzene rings is 1. The Morgan fingerprint density at radius 3 is 2.38 bits per heavy atom. The van der Waals surface area contributed by atoms with E-state index in [9.17, 15) is 4.79 Å². The molecule has 2 nitrogen and oxygen atoms in total. The fourth-order valence-electron chi connectivity index (χ4n) is 0.945. The van der Waals surface area contributed by atoms with Crippen LogP contribution >= 0.6 is 0 Å². The van der Waals surface area contributed by atoms with E-state index in [2.05, 4.69) is 6.92 Å². The molecule has 0 N–H and O–H groups in total. The van der Waals surface area contributed by atoms with Gasteiger partial charge in [-0.1, -0.05) is 30.3 Å². The Balaban J connectivity index is 0.00000144. The number of amides is 1. The molecule has 0 atom stereocenters. The van der Waals surface area contributed by atoms with Crippen molar-refractivity contribution in [2.75, 3.05) is 7.05 Å². The van der Waals surface area contributed by atoms with Crippen LogP contribution < -0.4 is 0 Å². The molecule has 0 saturated carbocycles. The smallest absolute Gasteiger partial charge is 0.0823 e. The zero-order valence-corrected chi connectivity index (χ0v) is 10.8. The molecule has 0 aromatic heterocycles. The summed E-state index contributed by atoms with van der Waals surface area (Å²) in [5, 5.41) is 0. The second-order valence-electron chi connectivity index (χ2n) is 2.74. The molecule has 66 valence electrons. The van der Waals surface area contributed by atoms with Crippen molar-refractivity contribution in [1.82, 2.24) is 4.90 Å². The maximum Gasteiger partial charge on any atom is 0.0823 e. The van der Waals surface area contributed by atoms with E-state index in [1.165, 1.54) is 0 Å². The van der Waals surface area contributed by atoms with E-state index in [1.807, 2.05) is 30.3 Å². The minimum absolute atomic E-state index is 0. The number of nitrogens with zero attached hydrogens (tertiary/aromatic N) is 1. The van der Waals surface area contributed by atoms with Crippen LogP contribution in [0.2, 0.25) is 0 Å². The predicted molar refractivity (Wildman–Crippen MR) is 48.3 cm³/mol. The summed E-state index contributed by atoms with van der Waals surface area (Å²) in [6, 6.07) is 9.84. The van der Waals surface area contributed by atoms with Crippen molar-refractivity contribution in [3.63, 3.8) is 0 Å². The third-order valence-electron chi connectivity index (χ3n) is 1.69. The summed E-state index contributed by atoms with van der Waals surface area (Å²) in [6.45, 7) is 3.95. The summed E-state index contributed by atoms with van der Waals surface area (Å²) in [7, 11) is 1.74. The predicted octanol–water partition coefficient (Wildman–Crippen LogP) is 1.48. The summed E-state index contributed by atoms with van der Waals surface area (Å²) in [5.74, 6) is -0.154. The number of carbonyl (C=O) groups excluding carboxylic acids is 1. The molecule has 0 bridgehead atoms. The maximum atomic E-state index is 10.8. The standard InChI is InChI=1S/C10H12NO.Zn/c1-9(12)11(2)8-10-6-4-3-5-7-10;/h3-7H,1,8H2,2H3;/q-1;. The Morgan fingerprint density at radius 1 is 1.38 bits per heavy atom. The Hall–Kier alpha value is -0.817. The fourth-order valence-corrected chi connectivity index (χ4v) is 0.945. The van der Waals surface area contributed by atoms with Gasteiger partial charge in [-0.2, -0.15) is 0 Å². The van der Waals surface area contributed by atoms with Crippen molar-refractivity contribution in [3.05, 3.63) is 42.8 Å². The molecule has 0 aliphatic carbocycles. The number of carbonyl (C=O) groups is 1. The van der Waals surface area contributed by atoms with Crippen LogP contribution in [0.25, 0.3) is 0 Å². The molecule has 0 aliphatic rings. The van der Waals surface area contributed by atoms with Gasteiger partial charge in [0.15, 0.2) is 0 Å². The van der Waals surface area contributed by atoms with Gasteiger partial charge in [-0.25, -0.2) is 0 Å². The average Bonchev–Trinajstić information content (AvgIpc) is 2.06. The summed E-state index contributed by atoms with van der Waals surface area (Å²) in [4.78, 5) is 12.3. The molecule has 1 aromatic rings. The molecule has 0 aliphatic heterocycles. The summed E-state index contributed by atoms with van der Waals surface area (Å²) < 4.78 is 0. The average molecular weight is 228 g/mol. The normalized spacial score (nSPS) is 8.69. The monoisotopic (exact) mass is 226 g/mol. The molecule has 0 heterocycles. The van der Waals surface area contributed by atoms with E-state index in [1.54, 1.807) is 11.9 Å². The number of hydrogen-bond donors (Lipinski definition) is 0. The first kappa shape index (κ1) is 12.2. The van der Waals surface area contributed by atoms with Crippen molar-refractivity contribution in [3.8, 4) is 0 Å². The first-order valence-corrected chi connectivity index (χ1v) is 3.81. The van der Waals surface area contributed by atoms with Gasteiger partial charge in [0.2, 0.25) is 0 Å². The quantitative estimate of drug-likeness (QED) is 0.554. The van der Waals surface area contributed by atoms with E-state index in [-0.39, 0.29) is 25.4 Å². The molecule has 13 heavy (non-hydrogen) atoms. The molecule has 0 fully saturated rings. The van der Waals surface area contributed by atoms with Crippen molar-refractivity contribution in [1.29, 1.82) is 0 Å². The van der Waals surface area contributed by atoms with Crippen molar-refractivity contribution in [2.24, 2.45) is 0 Å². The largest absolute Gasteiger partial charge is 0.366 e. The number of hydrogen-bond acceptors (Lipinski definition) is 1. The van der Waals surface area contributed by atoms with Crippen LogP contribution in [0.1, 0.15) is 5.56 Å². The maximum absolute atomic E-state index is 10.8. The molecule has 0 saturated heterocycles. The fraction of sp³-hybridized carbons (Fsp3) is 0.200. The van der Waals surface area contributed by atoms with Gasteiger partial charge in [0, 0.05) is 33.1 Å². The Kier molecular flexibility index (Phi) is 5.40. The molecule has 1 rings (SSSR count). The Labute approximate surface area is 91.7 Å². The first-order valence-electron chi connectivity index (χ1n) is 3.81. The molecule has 0 radical (unpaired) electrons. The van der Waals surface area contributed by atoms with E-state index >= 15 is 0 Å². The van der Waals surface area contributed by atoms with Gasteiger partial charge >= 0.3 is 0 Å². The van der Waals surface area contributed by atoms with Crippen LogP contribution in [0, 0.1) is 6.92 Å². The first-order chi connectivity index (χ1) is 5.70. The van der Waals surface area contributed by atoms with Crippen molar-refractivity contribution >= 4 is 5.91 Å². The molecule has 0 unspecified atom stereocenters. The molecular weight excluding hydrogens is 216 g/mol. The van der Waals surface area contributed by atoms with Gasteiger partial charge in [-0.3, -0.25) is 0 Å². The zero-order chi connectivity index (χ0) is 8.97. The summed E-state index contributed by atoms with van der Waals surface area (Å²) >= 11 is 0. The van der Waals surface area contributed by atoms with Gasteiger partial charge < -0.3 is 16.6 Å². The molecule has 3 heteroatoms. The summed E-state index contributed by atoms with van der Waals surface area (Å²) in [6.07, 6.45) is 0. The minimum Gasteiger partial charge on any atom is -0.366 e. The van der Waals surface area contributed by atoms with Gasteiger partial charge in [-0.05, 0) is 5.56 Å². The second kappa shape index (κ2) is 5.76. The molecular formula is C10H12NOZn-. The van der Waals surface area contributed by atoms with Gasteiger partial charge in [0.25, 0.3) is 0 Å². The minimum atomic E-state index is -0.154. The van der Waals surface area contributed by atoms with Crippen LogP contribution in [-0.2, 0) is 30.8 Å². The van der Waals surface area contributed by atoms with Crippen LogP contribution in [0.5, 0.6) is 0 Å². The number of rotatable bonds is 2. The second-order valence-corrected chi connectivity index (χ2v) is 2.74. The zero-order valence-electron chi connectivity index (χ0n) is 7.86. The van der Waals surface area contributed by atoms with Crippen LogP contribution in [-0.4, -0.2) is 17.9 Å². The van der Waals surface area contributed by atoms with Crippen LogP contribution in [0.15, 0.2) is 30.3 Å². The van der Waals surface area contributed by atoms with Gasteiger partial charge in [0.05, 0.1) is 5.91 Å². The van der Waals surface area contributed by atoms with Crippen molar-refractivity contribution in [2.45, 2.75) is 6.54 Å². The van der Waals surface area contributed by atoms with E-state index in [0.717, 1.165) is 5.56 Å². The van der Waals surface area contributed by atoms with Gasteiger partial charge in [0.1, 0.15) is 0 Å². The SMILES string of the molecule is [CH2-]C(=O)N(C)Cc1ccccc1.[Zn]. The summed E-state index contributed by atoms with van der Waals surface area (Å²) in [5.41, 5.74) is 1.12. The van der Waals surface area contributed by atoms with E-state index in [0.29, 0.717) is 6.54 Å². The topological polar surface area (TPSA) is 20.3 Å². The Bertz CT molecular complexity index is 261. The molecule has 1 amide bonds. The molecule has 0 spiro atoms. The van der Waals surface area contributed by atoms with E-state index < -0.39 is 0 Å². The van der Waals surface area contributed by atoms with Crippen molar-refractivity contribution < 1.29 is 24.3 Å². The third kappa shape index (κ3) is 4.09. The molecule has 1 aromatic carbocycles. The Morgan fingerprint density at radius 2 is 1.92 bits per heavy atom. The third-order valence-corrected chi connectivity index (χ3v) is 1.69.